The first kappa shape index (κ1) is 17.0. The van der Waals surface area contributed by atoms with Crippen molar-refractivity contribution >= 4 is 17.5 Å². The van der Waals surface area contributed by atoms with Gasteiger partial charge in [0.05, 0.1) is 11.6 Å². The number of hydrogen-bond acceptors (Lipinski definition) is 6. The number of benzene rings is 2. The number of anilines is 3. The number of halogens is 3. The monoisotopic (exact) mass is 357 g/mol. The maximum Gasteiger partial charge on any atom is 0.232 e. The maximum atomic E-state index is 13.7. The van der Waals surface area contributed by atoms with Crippen LogP contribution < -0.4 is 15.8 Å². The van der Waals surface area contributed by atoms with E-state index in [4.69, 9.17) is 15.7 Å². The van der Waals surface area contributed by atoms with Crippen LogP contribution in [0.3, 0.4) is 0 Å². The quantitative estimate of drug-likeness (QED) is 0.735. The highest BCUT2D eigenvalue weighted by atomic mass is 19.1. The smallest absolute Gasteiger partial charge is 0.232 e. The number of nitrogen functional groups attached to an aromatic ring is 1. The van der Waals surface area contributed by atoms with Crippen LogP contribution in [-0.4, -0.2) is 9.97 Å². The van der Waals surface area contributed by atoms with E-state index in [1.807, 2.05) is 6.07 Å². The highest BCUT2D eigenvalue weighted by Crippen LogP contribution is 2.29. The summed E-state index contributed by atoms with van der Waals surface area (Å²) in [6.45, 7) is 0. The lowest BCUT2D eigenvalue weighted by Crippen LogP contribution is -2.03. The normalized spacial score (nSPS) is 10.2. The summed E-state index contributed by atoms with van der Waals surface area (Å²) in [6.07, 6.45) is 0. The highest BCUT2D eigenvalue weighted by molar-refractivity contribution is 5.56. The van der Waals surface area contributed by atoms with Gasteiger partial charge in [-0.25, -0.2) is 13.2 Å². The van der Waals surface area contributed by atoms with Crippen LogP contribution in [0.4, 0.5) is 30.6 Å². The molecule has 0 saturated heterocycles. The number of hydrogen-bond donors (Lipinski definition) is 2. The van der Waals surface area contributed by atoms with Crippen molar-refractivity contribution in [1.82, 2.24) is 9.97 Å². The molecule has 0 spiro atoms. The minimum atomic E-state index is -1.22. The molecule has 0 aliphatic carbocycles. The SMILES string of the molecule is N#Cc1ccc(Nc2nc(N)cc(Oc3c(F)cc(F)cc3F)n2)cc1. The molecule has 130 valence electrons. The van der Waals surface area contributed by atoms with E-state index in [-0.39, 0.29) is 17.6 Å². The van der Waals surface area contributed by atoms with Gasteiger partial charge in [-0.3, -0.25) is 0 Å². The minimum absolute atomic E-state index is 0.00707. The molecular weight excluding hydrogens is 347 g/mol. The molecule has 0 radical (unpaired) electrons. The van der Waals surface area contributed by atoms with Crippen LogP contribution >= 0.6 is 0 Å². The van der Waals surface area contributed by atoms with E-state index in [1.54, 1.807) is 24.3 Å². The fraction of sp³-hybridized carbons (Fsp3) is 0. The van der Waals surface area contributed by atoms with E-state index in [2.05, 4.69) is 15.3 Å². The maximum absolute atomic E-state index is 13.7. The first-order valence-electron chi connectivity index (χ1n) is 7.19. The number of nitrogens with one attached hydrogen (secondary N) is 1. The molecule has 3 rings (SSSR count). The van der Waals surface area contributed by atoms with E-state index >= 15 is 0 Å². The van der Waals surface area contributed by atoms with Crippen LogP contribution in [0, 0.1) is 28.8 Å². The fourth-order valence-corrected chi connectivity index (χ4v) is 2.04. The van der Waals surface area contributed by atoms with Crippen LogP contribution in [0.15, 0.2) is 42.5 Å². The van der Waals surface area contributed by atoms with Crippen molar-refractivity contribution < 1.29 is 17.9 Å². The lowest BCUT2D eigenvalue weighted by atomic mass is 10.2. The Balaban J connectivity index is 1.87. The van der Waals surface area contributed by atoms with Gasteiger partial charge in [0.15, 0.2) is 11.6 Å². The molecule has 0 bridgehead atoms. The molecule has 0 fully saturated rings. The second kappa shape index (κ2) is 6.98. The third-order valence-corrected chi connectivity index (χ3v) is 3.16. The summed E-state index contributed by atoms with van der Waals surface area (Å²) in [5, 5.41) is 11.6. The van der Waals surface area contributed by atoms with Crippen LogP contribution in [0.2, 0.25) is 0 Å². The molecule has 0 aliphatic heterocycles. The summed E-state index contributed by atoms with van der Waals surface area (Å²) in [4.78, 5) is 7.89. The molecular formula is C17H10F3N5O. The van der Waals surface area contributed by atoms with Gasteiger partial charge >= 0.3 is 0 Å². The lowest BCUT2D eigenvalue weighted by Gasteiger charge is -2.10. The van der Waals surface area contributed by atoms with Crippen molar-refractivity contribution in [3.8, 4) is 17.7 Å². The average molecular weight is 357 g/mol. The van der Waals surface area contributed by atoms with Gasteiger partial charge in [0.2, 0.25) is 17.6 Å². The summed E-state index contributed by atoms with van der Waals surface area (Å²) in [5.74, 6) is -4.58. The standard InChI is InChI=1S/C17H10F3N5O/c18-10-5-12(19)16(13(20)6-10)26-15-7-14(22)24-17(25-15)23-11-3-1-9(8-21)2-4-11/h1-7H,(H3,22,23,24,25). The van der Waals surface area contributed by atoms with Gasteiger partial charge in [-0.15, -0.1) is 0 Å². The van der Waals surface area contributed by atoms with E-state index in [1.165, 1.54) is 0 Å². The molecule has 0 unspecified atom stereocenters. The van der Waals surface area contributed by atoms with E-state index < -0.39 is 23.2 Å². The Labute approximate surface area is 145 Å². The molecule has 2 aromatic carbocycles. The zero-order valence-electron chi connectivity index (χ0n) is 13.0. The molecule has 1 aromatic heterocycles. The molecule has 9 heteroatoms. The number of ether oxygens (including phenoxy) is 1. The number of nitrogens with zero attached hydrogens (tertiary/aromatic N) is 3. The number of aromatic nitrogens is 2. The van der Waals surface area contributed by atoms with Crippen molar-refractivity contribution in [2.75, 3.05) is 11.1 Å². The predicted molar refractivity (Wildman–Crippen MR) is 87.3 cm³/mol. The first-order chi connectivity index (χ1) is 12.4. The second-order valence-electron chi connectivity index (χ2n) is 5.07. The van der Waals surface area contributed by atoms with E-state index in [9.17, 15) is 13.2 Å². The van der Waals surface area contributed by atoms with Crippen LogP contribution in [0.5, 0.6) is 11.6 Å². The van der Waals surface area contributed by atoms with Gasteiger partial charge in [0.25, 0.3) is 0 Å². The van der Waals surface area contributed by atoms with Gasteiger partial charge < -0.3 is 15.8 Å². The predicted octanol–water partition coefficient (Wildman–Crippen LogP) is 3.88. The largest absolute Gasteiger partial charge is 0.433 e. The summed E-state index contributed by atoms with van der Waals surface area (Å²) in [6, 6.07) is 10.5. The molecule has 3 aromatic rings. The van der Waals surface area contributed by atoms with Gasteiger partial charge in [-0.05, 0) is 24.3 Å². The number of rotatable bonds is 4. The average Bonchev–Trinajstić information content (AvgIpc) is 2.58. The van der Waals surface area contributed by atoms with Crippen LogP contribution in [0.25, 0.3) is 0 Å². The topological polar surface area (TPSA) is 96.9 Å². The Kier molecular flexibility index (Phi) is 4.57. The van der Waals surface area contributed by atoms with Crippen LogP contribution in [0.1, 0.15) is 5.56 Å². The number of nitriles is 1. The molecule has 0 amide bonds. The highest BCUT2D eigenvalue weighted by Gasteiger charge is 2.15. The Bertz CT molecular complexity index is 979. The third-order valence-electron chi connectivity index (χ3n) is 3.16. The van der Waals surface area contributed by atoms with Gasteiger partial charge in [0, 0.05) is 23.9 Å². The molecule has 6 nitrogen and oxygen atoms in total. The van der Waals surface area contributed by atoms with Crippen molar-refractivity contribution in [1.29, 1.82) is 5.26 Å². The minimum Gasteiger partial charge on any atom is -0.433 e. The van der Waals surface area contributed by atoms with Gasteiger partial charge in [0.1, 0.15) is 11.6 Å². The van der Waals surface area contributed by atoms with Gasteiger partial charge in [-0.1, -0.05) is 0 Å². The molecule has 1 heterocycles. The Morgan fingerprint density at radius 1 is 1.00 bits per heavy atom. The first-order valence-corrected chi connectivity index (χ1v) is 7.19. The molecule has 0 atom stereocenters. The zero-order chi connectivity index (χ0) is 18.7. The fourth-order valence-electron chi connectivity index (χ4n) is 2.04. The van der Waals surface area contributed by atoms with E-state index in [0.29, 0.717) is 23.4 Å². The van der Waals surface area contributed by atoms with Crippen molar-refractivity contribution in [2.45, 2.75) is 0 Å². The molecule has 0 saturated carbocycles. The number of nitrogens with two attached hydrogens (primary N) is 1. The second-order valence-corrected chi connectivity index (χ2v) is 5.07. The summed E-state index contributed by atoms with van der Waals surface area (Å²) < 4.78 is 45.4. The van der Waals surface area contributed by atoms with Crippen molar-refractivity contribution in [3.63, 3.8) is 0 Å². The van der Waals surface area contributed by atoms with E-state index in [0.717, 1.165) is 6.07 Å². The zero-order valence-corrected chi connectivity index (χ0v) is 13.0. The van der Waals surface area contributed by atoms with Crippen LogP contribution in [-0.2, 0) is 0 Å². The summed E-state index contributed by atoms with van der Waals surface area (Å²) in [5.41, 5.74) is 6.67. The Morgan fingerprint density at radius 2 is 1.65 bits per heavy atom. The summed E-state index contributed by atoms with van der Waals surface area (Å²) in [7, 11) is 0. The Hall–Kier alpha value is -3.80. The Morgan fingerprint density at radius 3 is 2.27 bits per heavy atom. The van der Waals surface area contributed by atoms with Crippen molar-refractivity contribution in [2.24, 2.45) is 0 Å². The summed E-state index contributed by atoms with van der Waals surface area (Å²) >= 11 is 0. The van der Waals surface area contributed by atoms with Gasteiger partial charge in [-0.2, -0.15) is 15.2 Å². The lowest BCUT2D eigenvalue weighted by molar-refractivity contribution is 0.390. The third kappa shape index (κ3) is 3.81. The van der Waals surface area contributed by atoms with Crippen molar-refractivity contribution in [3.05, 3.63) is 65.5 Å². The molecule has 3 N–H and O–H groups in total. The molecule has 26 heavy (non-hydrogen) atoms. The molecule has 0 aliphatic rings.